The van der Waals surface area contributed by atoms with Gasteiger partial charge in [-0.25, -0.2) is 9.97 Å². The predicted octanol–water partition coefficient (Wildman–Crippen LogP) is 0.840. The van der Waals surface area contributed by atoms with E-state index in [0.29, 0.717) is 5.56 Å². The van der Waals surface area contributed by atoms with Crippen LogP contribution in [0.15, 0.2) is 18.5 Å². The van der Waals surface area contributed by atoms with Crippen LogP contribution in [0.2, 0.25) is 0 Å². The zero-order chi connectivity index (χ0) is 15.0. The Labute approximate surface area is 122 Å². The molecule has 1 saturated heterocycles. The number of rotatable bonds is 3. The maximum atomic E-state index is 11.1. The maximum Gasteiger partial charge on any atom is 0.251 e. The van der Waals surface area contributed by atoms with Crippen molar-refractivity contribution in [2.45, 2.75) is 26.3 Å². The first-order valence-electron chi connectivity index (χ1n) is 6.94. The fraction of sp³-hybridized carbons (Fsp3) is 0.429. The zero-order valence-corrected chi connectivity index (χ0v) is 12.2. The summed E-state index contributed by atoms with van der Waals surface area (Å²) in [6.07, 6.45) is 4.16. The molecule has 2 N–H and O–H groups in total. The summed E-state index contributed by atoms with van der Waals surface area (Å²) >= 11 is 0. The second kappa shape index (κ2) is 5.16. The molecule has 7 heteroatoms. The summed E-state index contributed by atoms with van der Waals surface area (Å²) in [6.45, 7) is 5.60. The van der Waals surface area contributed by atoms with Crippen molar-refractivity contribution in [3.05, 3.63) is 35.4 Å². The van der Waals surface area contributed by atoms with Gasteiger partial charge in [-0.15, -0.1) is 0 Å². The van der Waals surface area contributed by atoms with Gasteiger partial charge in [-0.2, -0.15) is 5.10 Å². The van der Waals surface area contributed by atoms with E-state index >= 15 is 0 Å². The van der Waals surface area contributed by atoms with E-state index in [1.807, 2.05) is 24.6 Å². The lowest BCUT2D eigenvalue weighted by Gasteiger charge is -2.17. The van der Waals surface area contributed by atoms with Crippen LogP contribution in [0.5, 0.6) is 0 Å². The molecule has 1 amide bonds. The first kappa shape index (κ1) is 13.5. The number of aromatic nitrogens is 4. The SMILES string of the molecule is Cc1cc(C)nc(N2CCC(n3cc(C(N)=O)cn3)C2)n1. The number of carbonyl (C=O) groups excluding carboxylic acids is 1. The lowest BCUT2D eigenvalue weighted by atomic mass is 10.3. The summed E-state index contributed by atoms with van der Waals surface area (Å²) in [4.78, 5) is 22.3. The van der Waals surface area contributed by atoms with Crippen molar-refractivity contribution in [2.24, 2.45) is 5.73 Å². The van der Waals surface area contributed by atoms with Gasteiger partial charge in [-0.1, -0.05) is 0 Å². The minimum atomic E-state index is -0.450. The molecule has 0 bridgehead atoms. The molecule has 21 heavy (non-hydrogen) atoms. The highest BCUT2D eigenvalue weighted by atomic mass is 16.1. The lowest BCUT2D eigenvalue weighted by molar-refractivity contribution is 0.1000. The molecule has 2 aromatic heterocycles. The average molecular weight is 286 g/mol. The number of carbonyl (C=O) groups is 1. The summed E-state index contributed by atoms with van der Waals surface area (Å²) in [7, 11) is 0. The molecule has 110 valence electrons. The quantitative estimate of drug-likeness (QED) is 0.903. The molecule has 0 spiro atoms. The van der Waals surface area contributed by atoms with Crippen molar-refractivity contribution in [3.63, 3.8) is 0 Å². The van der Waals surface area contributed by atoms with Crippen LogP contribution in [0.25, 0.3) is 0 Å². The molecule has 0 aromatic carbocycles. The molecular weight excluding hydrogens is 268 g/mol. The van der Waals surface area contributed by atoms with Crippen molar-refractivity contribution in [3.8, 4) is 0 Å². The van der Waals surface area contributed by atoms with Crippen LogP contribution in [-0.2, 0) is 0 Å². The largest absolute Gasteiger partial charge is 0.366 e. The van der Waals surface area contributed by atoms with Crippen LogP contribution in [-0.4, -0.2) is 38.7 Å². The van der Waals surface area contributed by atoms with Gasteiger partial charge in [0.15, 0.2) is 0 Å². The smallest absolute Gasteiger partial charge is 0.251 e. The summed E-state index contributed by atoms with van der Waals surface area (Å²) < 4.78 is 1.81. The molecule has 2 aromatic rings. The number of anilines is 1. The molecule has 1 atom stereocenters. The monoisotopic (exact) mass is 286 g/mol. The summed E-state index contributed by atoms with van der Waals surface area (Å²) in [5.41, 5.74) is 7.63. The van der Waals surface area contributed by atoms with E-state index in [2.05, 4.69) is 20.0 Å². The van der Waals surface area contributed by atoms with Gasteiger partial charge >= 0.3 is 0 Å². The number of hydrogen-bond acceptors (Lipinski definition) is 5. The third kappa shape index (κ3) is 2.72. The predicted molar refractivity (Wildman–Crippen MR) is 78.1 cm³/mol. The molecule has 3 heterocycles. The number of nitrogens with two attached hydrogens (primary N) is 1. The van der Waals surface area contributed by atoms with E-state index in [4.69, 9.17) is 5.73 Å². The summed E-state index contributed by atoms with van der Waals surface area (Å²) in [5.74, 6) is 0.311. The Kier molecular flexibility index (Phi) is 3.32. The van der Waals surface area contributed by atoms with E-state index in [9.17, 15) is 4.79 Å². The van der Waals surface area contributed by atoms with E-state index < -0.39 is 5.91 Å². The average Bonchev–Trinajstić information content (AvgIpc) is 3.07. The Morgan fingerprint density at radius 1 is 1.33 bits per heavy atom. The molecular formula is C14H18N6O. The normalized spacial score (nSPS) is 18.2. The Balaban J connectivity index is 1.76. The zero-order valence-electron chi connectivity index (χ0n) is 12.2. The van der Waals surface area contributed by atoms with Crippen molar-refractivity contribution in [1.82, 2.24) is 19.7 Å². The molecule has 0 aliphatic carbocycles. The molecule has 0 saturated carbocycles. The number of aryl methyl sites for hydroxylation is 2. The number of primary amides is 1. The van der Waals surface area contributed by atoms with Gasteiger partial charge in [0.25, 0.3) is 5.91 Å². The van der Waals surface area contributed by atoms with Crippen LogP contribution < -0.4 is 10.6 Å². The molecule has 1 unspecified atom stereocenters. The second-order valence-electron chi connectivity index (χ2n) is 5.41. The molecule has 3 rings (SSSR count). The summed E-state index contributed by atoms with van der Waals surface area (Å²) in [5, 5.41) is 4.23. The lowest BCUT2D eigenvalue weighted by Crippen LogP contribution is -2.23. The summed E-state index contributed by atoms with van der Waals surface area (Å²) in [6, 6.07) is 2.17. The van der Waals surface area contributed by atoms with Crippen LogP contribution in [0.3, 0.4) is 0 Å². The fourth-order valence-electron chi connectivity index (χ4n) is 2.65. The third-order valence-electron chi connectivity index (χ3n) is 3.68. The van der Waals surface area contributed by atoms with Crippen LogP contribution in [0.4, 0.5) is 5.95 Å². The maximum absolute atomic E-state index is 11.1. The first-order valence-corrected chi connectivity index (χ1v) is 6.94. The van der Waals surface area contributed by atoms with Gasteiger partial charge in [-0.05, 0) is 26.3 Å². The minimum Gasteiger partial charge on any atom is -0.366 e. The Hall–Kier alpha value is -2.44. The minimum absolute atomic E-state index is 0.211. The van der Waals surface area contributed by atoms with Crippen molar-refractivity contribution in [1.29, 1.82) is 0 Å². The molecule has 1 fully saturated rings. The van der Waals surface area contributed by atoms with Crippen molar-refractivity contribution in [2.75, 3.05) is 18.0 Å². The first-order chi connectivity index (χ1) is 10.0. The fourth-order valence-corrected chi connectivity index (χ4v) is 2.65. The van der Waals surface area contributed by atoms with Crippen molar-refractivity contribution >= 4 is 11.9 Å². The standard InChI is InChI=1S/C14H18N6O/c1-9-5-10(2)18-14(17-9)19-4-3-12(8-19)20-7-11(6-16-20)13(15)21/h5-7,12H,3-4,8H2,1-2H3,(H2,15,21). The highest BCUT2D eigenvalue weighted by molar-refractivity contribution is 5.92. The van der Waals surface area contributed by atoms with Gasteiger partial charge in [-0.3, -0.25) is 9.48 Å². The number of amides is 1. The Bertz CT molecular complexity index is 660. The van der Waals surface area contributed by atoms with E-state index in [0.717, 1.165) is 36.8 Å². The number of hydrogen-bond donors (Lipinski definition) is 1. The van der Waals surface area contributed by atoms with Crippen LogP contribution >= 0.6 is 0 Å². The Morgan fingerprint density at radius 3 is 2.67 bits per heavy atom. The number of nitrogens with zero attached hydrogens (tertiary/aromatic N) is 5. The van der Waals surface area contributed by atoms with E-state index in [1.54, 1.807) is 6.20 Å². The topological polar surface area (TPSA) is 89.9 Å². The Morgan fingerprint density at radius 2 is 2.05 bits per heavy atom. The second-order valence-corrected chi connectivity index (χ2v) is 5.41. The van der Waals surface area contributed by atoms with Gasteiger partial charge in [0.05, 0.1) is 17.8 Å². The highest BCUT2D eigenvalue weighted by Gasteiger charge is 2.26. The van der Waals surface area contributed by atoms with Gasteiger partial charge in [0.1, 0.15) is 0 Å². The molecule has 1 aliphatic rings. The molecule has 0 radical (unpaired) electrons. The third-order valence-corrected chi connectivity index (χ3v) is 3.68. The van der Waals surface area contributed by atoms with Crippen LogP contribution in [0, 0.1) is 13.8 Å². The van der Waals surface area contributed by atoms with Crippen LogP contribution in [0.1, 0.15) is 34.2 Å². The molecule has 1 aliphatic heterocycles. The van der Waals surface area contributed by atoms with Gasteiger partial charge in [0, 0.05) is 30.7 Å². The van der Waals surface area contributed by atoms with Gasteiger partial charge in [0.2, 0.25) is 5.95 Å². The molecule has 7 nitrogen and oxygen atoms in total. The highest BCUT2D eigenvalue weighted by Crippen LogP contribution is 2.24. The van der Waals surface area contributed by atoms with Gasteiger partial charge < -0.3 is 10.6 Å². The van der Waals surface area contributed by atoms with E-state index in [-0.39, 0.29) is 6.04 Å². The van der Waals surface area contributed by atoms with E-state index in [1.165, 1.54) is 6.20 Å². The van der Waals surface area contributed by atoms with Crippen molar-refractivity contribution < 1.29 is 4.79 Å².